The molecular formula is C57H39N3. The van der Waals surface area contributed by atoms with Gasteiger partial charge in [0.05, 0.1) is 0 Å². The van der Waals surface area contributed by atoms with Crippen LogP contribution in [0.25, 0.3) is 101 Å². The Balaban J connectivity index is 1.10. The van der Waals surface area contributed by atoms with Gasteiger partial charge in [0.25, 0.3) is 0 Å². The quantitative estimate of drug-likeness (QED) is 0.147. The van der Waals surface area contributed by atoms with Gasteiger partial charge in [-0.1, -0.05) is 206 Å². The first-order chi connectivity index (χ1) is 29.7. The van der Waals surface area contributed by atoms with Gasteiger partial charge in [-0.15, -0.1) is 0 Å². The normalized spacial score (nSPS) is 11.0. The Kier molecular flexibility index (Phi) is 9.97. The van der Waals surface area contributed by atoms with Crippen molar-refractivity contribution in [1.82, 2.24) is 15.0 Å². The lowest BCUT2D eigenvalue weighted by Gasteiger charge is -2.14. The van der Waals surface area contributed by atoms with Gasteiger partial charge in [0.2, 0.25) is 0 Å². The average molecular weight is 766 g/mol. The number of benzene rings is 9. The first-order valence-electron chi connectivity index (χ1n) is 20.3. The molecule has 10 aromatic rings. The molecule has 282 valence electrons. The zero-order chi connectivity index (χ0) is 40.1. The second-order valence-electron chi connectivity index (χ2n) is 14.9. The van der Waals surface area contributed by atoms with Crippen molar-refractivity contribution in [1.29, 1.82) is 0 Å². The Morgan fingerprint density at radius 1 is 0.167 bits per heavy atom. The lowest BCUT2D eigenvalue weighted by Crippen LogP contribution is -2.01. The molecule has 1 aromatic heterocycles. The molecule has 0 atom stereocenters. The van der Waals surface area contributed by atoms with E-state index in [0.29, 0.717) is 17.5 Å². The fraction of sp³-hybridized carbons (Fsp3) is 0. The van der Waals surface area contributed by atoms with E-state index in [1.165, 1.54) is 27.8 Å². The van der Waals surface area contributed by atoms with Crippen molar-refractivity contribution in [2.45, 2.75) is 0 Å². The Hall–Kier alpha value is -8.01. The van der Waals surface area contributed by atoms with Crippen molar-refractivity contribution in [3.63, 3.8) is 0 Å². The van der Waals surface area contributed by atoms with Crippen molar-refractivity contribution >= 4 is 0 Å². The highest BCUT2D eigenvalue weighted by atomic mass is 15.0. The molecule has 0 radical (unpaired) electrons. The highest BCUT2D eigenvalue weighted by molar-refractivity contribution is 5.85. The minimum atomic E-state index is 0.611. The Bertz CT molecular complexity index is 2940. The maximum Gasteiger partial charge on any atom is 0.164 e. The van der Waals surface area contributed by atoms with Crippen molar-refractivity contribution < 1.29 is 0 Å². The molecule has 0 aliphatic carbocycles. The smallest absolute Gasteiger partial charge is 0.164 e. The van der Waals surface area contributed by atoms with Crippen LogP contribution < -0.4 is 0 Å². The molecule has 0 saturated heterocycles. The van der Waals surface area contributed by atoms with Gasteiger partial charge >= 0.3 is 0 Å². The van der Waals surface area contributed by atoms with E-state index in [1.807, 2.05) is 18.2 Å². The minimum absolute atomic E-state index is 0.611. The van der Waals surface area contributed by atoms with Crippen molar-refractivity contribution in [2.24, 2.45) is 0 Å². The molecule has 60 heavy (non-hydrogen) atoms. The van der Waals surface area contributed by atoms with Crippen LogP contribution >= 0.6 is 0 Å². The molecule has 3 nitrogen and oxygen atoms in total. The topological polar surface area (TPSA) is 38.7 Å². The third-order valence-electron chi connectivity index (χ3n) is 10.9. The molecule has 0 spiro atoms. The summed E-state index contributed by atoms with van der Waals surface area (Å²) in [6.45, 7) is 0. The van der Waals surface area contributed by atoms with Gasteiger partial charge in [-0.2, -0.15) is 0 Å². The standard InChI is InChI=1S/C57H39N3/c1-4-17-40(18-5-1)43-23-12-26-46(35-43)48-28-15-31-51(38-48)55-58-56(52-32-16-29-49(39-52)47-27-13-24-44(36-47)41-19-6-2-7-20-41)60-57(59-55)54-34-11-10-33-53(54)50-30-14-25-45(37-50)42-21-8-3-9-22-42/h1-39H. The second kappa shape index (κ2) is 16.5. The van der Waals surface area contributed by atoms with Crippen molar-refractivity contribution in [3.05, 3.63) is 237 Å². The van der Waals surface area contributed by atoms with Gasteiger partial charge in [-0.25, -0.2) is 15.0 Å². The number of aromatic nitrogens is 3. The van der Waals surface area contributed by atoms with E-state index in [2.05, 4.69) is 218 Å². The Morgan fingerprint density at radius 2 is 0.417 bits per heavy atom. The second-order valence-corrected chi connectivity index (χ2v) is 14.9. The summed E-state index contributed by atoms with van der Waals surface area (Å²) in [5, 5.41) is 0. The lowest BCUT2D eigenvalue weighted by molar-refractivity contribution is 1.07. The molecule has 0 unspecified atom stereocenters. The van der Waals surface area contributed by atoms with Gasteiger partial charge in [0, 0.05) is 16.7 Å². The molecule has 0 fully saturated rings. The molecule has 3 heteroatoms. The monoisotopic (exact) mass is 765 g/mol. The number of nitrogens with zero attached hydrogens (tertiary/aromatic N) is 3. The van der Waals surface area contributed by atoms with Crippen LogP contribution in [0.1, 0.15) is 0 Å². The SMILES string of the molecule is c1ccc(-c2cccc(-c3cccc(-c4nc(-c5cccc(-c6cccc(-c7ccccc7)c6)c5)nc(-c5ccccc5-c5cccc(-c6ccccc6)c5)n4)c3)c2)cc1. The lowest BCUT2D eigenvalue weighted by atomic mass is 9.95. The maximum atomic E-state index is 5.27. The fourth-order valence-electron chi connectivity index (χ4n) is 7.87. The molecule has 0 amide bonds. The zero-order valence-corrected chi connectivity index (χ0v) is 32.9. The van der Waals surface area contributed by atoms with Crippen LogP contribution in [0.15, 0.2) is 237 Å². The van der Waals surface area contributed by atoms with Gasteiger partial charge < -0.3 is 0 Å². The third-order valence-corrected chi connectivity index (χ3v) is 10.9. The molecule has 0 saturated carbocycles. The molecule has 0 bridgehead atoms. The summed E-state index contributed by atoms with van der Waals surface area (Å²) in [5.41, 5.74) is 16.4. The average Bonchev–Trinajstić information content (AvgIpc) is 3.35. The van der Waals surface area contributed by atoms with E-state index < -0.39 is 0 Å². The predicted molar refractivity (Wildman–Crippen MR) is 249 cm³/mol. The van der Waals surface area contributed by atoms with Crippen LogP contribution in [0.2, 0.25) is 0 Å². The fourth-order valence-corrected chi connectivity index (χ4v) is 7.87. The van der Waals surface area contributed by atoms with Gasteiger partial charge in [-0.3, -0.25) is 0 Å². The summed E-state index contributed by atoms with van der Waals surface area (Å²) >= 11 is 0. The van der Waals surface area contributed by atoms with E-state index in [4.69, 9.17) is 15.0 Å². The molecule has 0 aliphatic rings. The summed E-state index contributed by atoms with van der Waals surface area (Å²) in [4.78, 5) is 15.8. The molecular weight excluding hydrogens is 727 g/mol. The predicted octanol–water partition coefficient (Wildman–Crippen LogP) is 14.9. The molecule has 1 heterocycles. The van der Waals surface area contributed by atoms with Crippen LogP contribution in [0.5, 0.6) is 0 Å². The third kappa shape index (κ3) is 7.68. The van der Waals surface area contributed by atoms with Crippen LogP contribution in [0, 0.1) is 0 Å². The molecule has 10 rings (SSSR count). The van der Waals surface area contributed by atoms with E-state index in [0.717, 1.165) is 55.6 Å². The molecule has 9 aromatic carbocycles. The van der Waals surface area contributed by atoms with Gasteiger partial charge in [0.1, 0.15) is 0 Å². The van der Waals surface area contributed by atoms with Crippen molar-refractivity contribution in [2.75, 3.05) is 0 Å². The summed E-state index contributed by atoms with van der Waals surface area (Å²) in [5.74, 6) is 1.84. The van der Waals surface area contributed by atoms with Gasteiger partial charge in [-0.05, 0) is 97.1 Å². The molecule has 0 N–H and O–H groups in total. The van der Waals surface area contributed by atoms with Crippen LogP contribution in [0.4, 0.5) is 0 Å². The number of hydrogen-bond acceptors (Lipinski definition) is 3. The zero-order valence-electron chi connectivity index (χ0n) is 32.9. The van der Waals surface area contributed by atoms with Crippen LogP contribution in [-0.2, 0) is 0 Å². The summed E-state index contributed by atoms with van der Waals surface area (Å²) in [6, 6.07) is 83.0. The highest BCUT2D eigenvalue weighted by Gasteiger charge is 2.17. The van der Waals surface area contributed by atoms with Crippen LogP contribution in [-0.4, -0.2) is 15.0 Å². The van der Waals surface area contributed by atoms with Gasteiger partial charge in [0.15, 0.2) is 17.5 Å². The summed E-state index contributed by atoms with van der Waals surface area (Å²) in [6.07, 6.45) is 0. The molecule has 0 aliphatic heterocycles. The Labute approximate surface area is 351 Å². The van der Waals surface area contributed by atoms with E-state index in [1.54, 1.807) is 0 Å². The number of hydrogen-bond donors (Lipinski definition) is 0. The Morgan fingerprint density at radius 3 is 0.817 bits per heavy atom. The van der Waals surface area contributed by atoms with E-state index in [-0.39, 0.29) is 0 Å². The van der Waals surface area contributed by atoms with Crippen LogP contribution in [0.3, 0.4) is 0 Å². The minimum Gasteiger partial charge on any atom is -0.208 e. The summed E-state index contributed by atoms with van der Waals surface area (Å²) in [7, 11) is 0. The van der Waals surface area contributed by atoms with E-state index >= 15 is 0 Å². The highest BCUT2D eigenvalue weighted by Crippen LogP contribution is 2.36. The first-order valence-corrected chi connectivity index (χ1v) is 20.3. The maximum absolute atomic E-state index is 5.27. The largest absolute Gasteiger partial charge is 0.208 e. The van der Waals surface area contributed by atoms with Crippen molar-refractivity contribution in [3.8, 4) is 101 Å². The summed E-state index contributed by atoms with van der Waals surface area (Å²) < 4.78 is 0. The number of rotatable bonds is 9. The van der Waals surface area contributed by atoms with E-state index in [9.17, 15) is 0 Å². The first kappa shape index (κ1) is 36.3.